The third-order valence-electron chi connectivity index (χ3n) is 5.17. The van der Waals surface area contributed by atoms with Crippen LogP contribution in [0, 0.1) is 0 Å². The van der Waals surface area contributed by atoms with Crippen LogP contribution in [0.4, 0.5) is 11.4 Å². The summed E-state index contributed by atoms with van der Waals surface area (Å²) < 4.78 is 13.7. The first-order valence-electron chi connectivity index (χ1n) is 8.60. The van der Waals surface area contributed by atoms with Crippen LogP contribution in [-0.2, 0) is 10.8 Å². The summed E-state index contributed by atoms with van der Waals surface area (Å²) in [5.74, 6) is 0. The average molecular weight is 392 g/mol. The van der Waals surface area contributed by atoms with Gasteiger partial charge in [-0.05, 0) is 61.4 Å². The molecule has 0 saturated carbocycles. The van der Waals surface area contributed by atoms with Crippen LogP contribution in [-0.4, -0.2) is 18.9 Å². The lowest BCUT2D eigenvalue weighted by Crippen LogP contribution is -2.21. The SMILES string of the molecule is C=C1c2cc3nccc(Nc4ccc5scnc5c4)c3cc2S(=O)C1(C)C. The van der Waals surface area contributed by atoms with E-state index >= 15 is 0 Å². The van der Waals surface area contributed by atoms with Crippen molar-refractivity contribution in [3.8, 4) is 0 Å². The number of thiazole rings is 1. The van der Waals surface area contributed by atoms with Crippen LogP contribution in [0.15, 0.2) is 59.6 Å². The Morgan fingerprint density at radius 1 is 1.11 bits per heavy atom. The highest BCUT2D eigenvalue weighted by Gasteiger charge is 2.40. The molecule has 0 amide bonds. The number of hydrogen-bond acceptors (Lipinski definition) is 5. The minimum Gasteiger partial charge on any atom is -0.355 e. The Morgan fingerprint density at radius 2 is 1.96 bits per heavy atom. The molecule has 4 nitrogen and oxygen atoms in total. The molecule has 1 aliphatic heterocycles. The second-order valence-electron chi connectivity index (χ2n) is 7.14. The molecule has 5 rings (SSSR count). The van der Waals surface area contributed by atoms with Gasteiger partial charge in [0.15, 0.2) is 0 Å². The zero-order valence-corrected chi connectivity index (χ0v) is 16.6. The van der Waals surface area contributed by atoms with E-state index in [0.29, 0.717) is 0 Å². The highest BCUT2D eigenvalue weighted by atomic mass is 32.2. The molecule has 0 bridgehead atoms. The van der Waals surface area contributed by atoms with Gasteiger partial charge in [0, 0.05) is 27.9 Å². The van der Waals surface area contributed by atoms with Crippen LogP contribution in [0.2, 0.25) is 0 Å². The van der Waals surface area contributed by atoms with E-state index in [1.165, 1.54) is 0 Å². The van der Waals surface area contributed by atoms with Gasteiger partial charge in [-0.25, -0.2) is 4.98 Å². The van der Waals surface area contributed by atoms with Gasteiger partial charge in [-0.3, -0.25) is 9.19 Å². The summed E-state index contributed by atoms with van der Waals surface area (Å²) in [6.07, 6.45) is 1.79. The fourth-order valence-electron chi connectivity index (χ4n) is 3.47. The molecule has 0 fully saturated rings. The van der Waals surface area contributed by atoms with Crippen LogP contribution in [0.1, 0.15) is 19.4 Å². The fourth-order valence-corrected chi connectivity index (χ4v) is 5.62. The first kappa shape index (κ1) is 16.6. The zero-order chi connectivity index (χ0) is 18.8. The summed E-state index contributed by atoms with van der Waals surface area (Å²) in [6, 6.07) is 12.1. The van der Waals surface area contributed by atoms with E-state index < -0.39 is 15.5 Å². The highest BCUT2D eigenvalue weighted by Crippen LogP contribution is 2.45. The molecule has 4 aromatic rings. The molecule has 0 saturated heterocycles. The first-order valence-corrected chi connectivity index (χ1v) is 10.6. The van der Waals surface area contributed by atoms with Crippen molar-refractivity contribution in [2.45, 2.75) is 23.5 Å². The van der Waals surface area contributed by atoms with Gasteiger partial charge in [0.2, 0.25) is 0 Å². The molecule has 0 spiro atoms. The average Bonchev–Trinajstić information content (AvgIpc) is 3.19. The summed E-state index contributed by atoms with van der Waals surface area (Å²) in [7, 11) is -1.13. The van der Waals surface area contributed by atoms with Gasteiger partial charge in [0.1, 0.15) is 0 Å². The van der Waals surface area contributed by atoms with E-state index in [0.717, 1.165) is 48.5 Å². The standard InChI is InChI=1S/C21H17N3OS2/c1-12-14-9-17-15(10-20(14)27(25)21(12,2)3)16(6-7-22-17)24-13-4-5-19-18(8-13)23-11-26-19/h4-11H,1H2,2-3H3,(H,22,24). The number of nitrogens with zero attached hydrogens (tertiary/aromatic N) is 2. The predicted molar refractivity (Wildman–Crippen MR) is 114 cm³/mol. The largest absolute Gasteiger partial charge is 0.355 e. The Labute approximate surface area is 163 Å². The lowest BCUT2D eigenvalue weighted by molar-refractivity contribution is 0.670. The van der Waals surface area contributed by atoms with E-state index in [1.54, 1.807) is 17.5 Å². The Morgan fingerprint density at radius 3 is 2.81 bits per heavy atom. The van der Waals surface area contributed by atoms with E-state index in [-0.39, 0.29) is 0 Å². The van der Waals surface area contributed by atoms with Crippen LogP contribution < -0.4 is 5.32 Å². The second kappa shape index (κ2) is 5.71. The third kappa shape index (κ3) is 2.44. The molecule has 1 aliphatic rings. The van der Waals surface area contributed by atoms with E-state index in [1.807, 2.05) is 49.7 Å². The minimum atomic E-state index is -1.13. The number of anilines is 2. The van der Waals surface area contributed by atoms with Gasteiger partial charge in [0.05, 0.1) is 36.8 Å². The third-order valence-corrected chi connectivity index (χ3v) is 7.89. The molecular formula is C21H17N3OS2. The molecule has 1 unspecified atom stereocenters. The van der Waals surface area contributed by atoms with E-state index in [9.17, 15) is 4.21 Å². The molecule has 3 heterocycles. The number of pyridine rings is 1. The number of aromatic nitrogens is 2. The Bertz CT molecular complexity index is 1270. The number of fused-ring (bicyclic) bond motifs is 3. The molecule has 27 heavy (non-hydrogen) atoms. The van der Waals surface area contributed by atoms with Crippen molar-refractivity contribution in [1.29, 1.82) is 0 Å². The highest BCUT2D eigenvalue weighted by molar-refractivity contribution is 7.87. The lowest BCUT2D eigenvalue weighted by Gasteiger charge is -2.16. The number of rotatable bonds is 2. The maximum atomic E-state index is 13.0. The summed E-state index contributed by atoms with van der Waals surface area (Å²) in [5.41, 5.74) is 7.46. The van der Waals surface area contributed by atoms with Crippen molar-refractivity contribution in [2.24, 2.45) is 0 Å². The summed E-state index contributed by atoms with van der Waals surface area (Å²) >= 11 is 1.63. The predicted octanol–water partition coefficient (Wildman–Crippen LogP) is 5.50. The van der Waals surface area contributed by atoms with Crippen molar-refractivity contribution in [3.63, 3.8) is 0 Å². The van der Waals surface area contributed by atoms with Crippen molar-refractivity contribution < 1.29 is 4.21 Å². The van der Waals surface area contributed by atoms with Crippen molar-refractivity contribution >= 4 is 60.2 Å². The molecule has 1 atom stereocenters. The Kier molecular flexibility index (Phi) is 3.51. The second-order valence-corrected chi connectivity index (χ2v) is 10.0. The summed E-state index contributed by atoms with van der Waals surface area (Å²) in [6.45, 7) is 8.13. The number of benzene rings is 2. The van der Waals surface area contributed by atoms with Crippen molar-refractivity contribution in [2.75, 3.05) is 5.32 Å². The molecule has 2 aromatic heterocycles. The lowest BCUT2D eigenvalue weighted by atomic mass is 9.96. The molecule has 6 heteroatoms. The smallest absolute Gasteiger partial charge is 0.0832 e. The van der Waals surface area contributed by atoms with Gasteiger partial charge in [0.25, 0.3) is 0 Å². The number of nitrogens with one attached hydrogen (secondary N) is 1. The van der Waals surface area contributed by atoms with Crippen LogP contribution in [0.5, 0.6) is 0 Å². The molecule has 134 valence electrons. The quantitative estimate of drug-likeness (QED) is 0.490. The van der Waals surface area contributed by atoms with Gasteiger partial charge in [-0.15, -0.1) is 11.3 Å². The van der Waals surface area contributed by atoms with Crippen LogP contribution >= 0.6 is 11.3 Å². The number of hydrogen-bond donors (Lipinski definition) is 1. The van der Waals surface area contributed by atoms with Gasteiger partial charge in [-0.2, -0.15) is 0 Å². The molecular weight excluding hydrogens is 374 g/mol. The van der Waals surface area contributed by atoms with E-state index in [2.05, 4.69) is 27.9 Å². The monoisotopic (exact) mass is 391 g/mol. The molecule has 0 radical (unpaired) electrons. The van der Waals surface area contributed by atoms with E-state index in [4.69, 9.17) is 0 Å². The van der Waals surface area contributed by atoms with Gasteiger partial charge in [-0.1, -0.05) is 6.58 Å². The first-order chi connectivity index (χ1) is 12.9. The normalized spacial score (nSPS) is 18.1. The van der Waals surface area contributed by atoms with Crippen molar-refractivity contribution in [1.82, 2.24) is 9.97 Å². The van der Waals surface area contributed by atoms with Crippen molar-refractivity contribution in [3.05, 3.63) is 60.2 Å². The van der Waals surface area contributed by atoms with Crippen LogP contribution in [0.25, 0.3) is 26.7 Å². The maximum absolute atomic E-state index is 13.0. The maximum Gasteiger partial charge on any atom is 0.0832 e. The molecule has 2 aromatic carbocycles. The van der Waals surface area contributed by atoms with Gasteiger partial charge >= 0.3 is 0 Å². The fraction of sp³-hybridized carbons (Fsp3) is 0.143. The minimum absolute atomic E-state index is 0.455. The van der Waals surface area contributed by atoms with Gasteiger partial charge < -0.3 is 5.32 Å². The topological polar surface area (TPSA) is 54.9 Å². The molecule has 0 aliphatic carbocycles. The van der Waals surface area contributed by atoms with Crippen LogP contribution in [0.3, 0.4) is 0 Å². The Hall–Kier alpha value is -2.57. The zero-order valence-electron chi connectivity index (χ0n) is 14.9. The Balaban J connectivity index is 1.65. The molecule has 1 N–H and O–H groups in total. The summed E-state index contributed by atoms with van der Waals surface area (Å²) in [4.78, 5) is 9.74. The summed E-state index contributed by atoms with van der Waals surface area (Å²) in [5, 5.41) is 4.42.